The summed E-state index contributed by atoms with van der Waals surface area (Å²) < 4.78 is 5.26. The summed E-state index contributed by atoms with van der Waals surface area (Å²) in [7, 11) is 0. The number of thioether (sulfide) groups is 1. The van der Waals surface area contributed by atoms with Gasteiger partial charge in [-0.3, -0.25) is 9.79 Å². The van der Waals surface area contributed by atoms with Gasteiger partial charge in [0.05, 0.1) is 25.3 Å². The summed E-state index contributed by atoms with van der Waals surface area (Å²) in [6, 6.07) is 1.04. The van der Waals surface area contributed by atoms with Crippen LogP contribution in [0, 0.1) is 0 Å². The Bertz CT molecular complexity index is 383. The fourth-order valence-corrected chi connectivity index (χ4v) is 3.98. The predicted octanol–water partition coefficient (Wildman–Crippen LogP) is 1.24. The summed E-state index contributed by atoms with van der Waals surface area (Å²) in [6.07, 6.45) is 5.68. The molecule has 0 aromatic carbocycles. The maximum atomic E-state index is 12.0. The quantitative estimate of drug-likeness (QED) is 0.851. The van der Waals surface area contributed by atoms with E-state index in [0.29, 0.717) is 31.7 Å². The van der Waals surface area contributed by atoms with Gasteiger partial charge in [-0.05, 0) is 12.8 Å². The smallest absolute Gasteiger partial charge is 0.223 e. The maximum absolute atomic E-state index is 12.0. The molecule has 1 saturated heterocycles. The lowest BCUT2D eigenvalue weighted by atomic mass is 9.92. The van der Waals surface area contributed by atoms with Crippen LogP contribution in [0.2, 0.25) is 0 Å². The van der Waals surface area contributed by atoms with Crippen LogP contribution in [-0.4, -0.2) is 60.1 Å². The largest absolute Gasteiger partial charge is 0.378 e. The summed E-state index contributed by atoms with van der Waals surface area (Å²) in [6.45, 7) is 2.84. The van der Waals surface area contributed by atoms with Gasteiger partial charge in [-0.15, -0.1) is 0 Å². The van der Waals surface area contributed by atoms with Crippen molar-refractivity contribution in [2.75, 3.05) is 32.1 Å². The van der Waals surface area contributed by atoms with E-state index in [0.717, 1.165) is 24.0 Å². The fraction of sp³-hybridized carbons (Fsp3) is 0.857. The first-order chi connectivity index (χ1) is 9.83. The van der Waals surface area contributed by atoms with Crippen LogP contribution in [0.4, 0.5) is 0 Å². The molecule has 6 heteroatoms. The molecule has 1 saturated carbocycles. The number of carbonyl (C=O) groups is 1. The first-order valence-corrected chi connectivity index (χ1v) is 8.64. The van der Waals surface area contributed by atoms with Gasteiger partial charge in [0.1, 0.15) is 0 Å². The van der Waals surface area contributed by atoms with Crippen molar-refractivity contribution >= 4 is 22.8 Å². The molecule has 1 aliphatic carbocycles. The SMILES string of the molecule is O=C(CCSC1=N[C@H]2CCCC[C@@H]2N1)N1CCOCC1. The summed E-state index contributed by atoms with van der Waals surface area (Å²) in [5, 5.41) is 4.57. The standard InChI is InChI=1S/C14H23N3O2S/c18-13(17-6-8-19-9-7-17)5-10-20-14-15-11-3-1-2-4-12(11)16-14/h11-12H,1-10H2,(H,15,16)/t11-,12-/m0/s1. The Labute approximate surface area is 124 Å². The van der Waals surface area contributed by atoms with E-state index in [9.17, 15) is 4.79 Å². The van der Waals surface area contributed by atoms with Gasteiger partial charge in [-0.1, -0.05) is 24.6 Å². The second kappa shape index (κ2) is 6.80. The first kappa shape index (κ1) is 14.2. The molecule has 0 bridgehead atoms. The van der Waals surface area contributed by atoms with E-state index in [1.54, 1.807) is 11.8 Å². The zero-order valence-electron chi connectivity index (χ0n) is 11.8. The van der Waals surface area contributed by atoms with Crippen molar-refractivity contribution in [3.8, 4) is 0 Å². The number of amides is 1. The number of morpholine rings is 1. The molecule has 2 fully saturated rings. The average molecular weight is 297 g/mol. The third-order valence-corrected chi connectivity index (χ3v) is 5.14. The van der Waals surface area contributed by atoms with Crippen LogP contribution in [0.15, 0.2) is 4.99 Å². The highest BCUT2D eigenvalue weighted by Crippen LogP contribution is 2.27. The topological polar surface area (TPSA) is 53.9 Å². The second-order valence-electron chi connectivity index (χ2n) is 5.63. The third kappa shape index (κ3) is 3.47. The second-order valence-corrected chi connectivity index (χ2v) is 6.71. The molecule has 2 atom stereocenters. The normalized spacial score (nSPS) is 29.6. The van der Waals surface area contributed by atoms with Gasteiger partial charge >= 0.3 is 0 Å². The number of nitrogens with one attached hydrogen (secondary N) is 1. The van der Waals surface area contributed by atoms with Gasteiger partial charge in [0, 0.05) is 25.3 Å². The molecule has 0 radical (unpaired) electrons. The zero-order valence-corrected chi connectivity index (χ0v) is 12.7. The number of aliphatic imine (C=N–C) groups is 1. The number of hydrogen-bond acceptors (Lipinski definition) is 5. The minimum Gasteiger partial charge on any atom is -0.378 e. The minimum absolute atomic E-state index is 0.247. The van der Waals surface area contributed by atoms with Crippen LogP contribution >= 0.6 is 11.8 Å². The number of ether oxygens (including phenoxy) is 1. The van der Waals surface area contributed by atoms with Crippen molar-refractivity contribution in [1.82, 2.24) is 10.2 Å². The highest BCUT2D eigenvalue weighted by atomic mass is 32.2. The molecule has 2 aliphatic heterocycles. The van der Waals surface area contributed by atoms with Crippen molar-refractivity contribution in [2.24, 2.45) is 4.99 Å². The molecule has 1 amide bonds. The molecule has 112 valence electrons. The molecule has 0 spiro atoms. The third-order valence-electron chi connectivity index (χ3n) is 4.24. The number of amidine groups is 1. The summed E-state index contributed by atoms with van der Waals surface area (Å²) in [5.41, 5.74) is 0. The summed E-state index contributed by atoms with van der Waals surface area (Å²) in [4.78, 5) is 18.7. The van der Waals surface area contributed by atoms with Crippen molar-refractivity contribution in [3.05, 3.63) is 0 Å². The number of nitrogens with zero attached hydrogens (tertiary/aromatic N) is 2. The Morgan fingerprint density at radius 2 is 2.15 bits per heavy atom. The van der Waals surface area contributed by atoms with E-state index >= 15 is 0 Å². The molecule has 0 unspecified atom stereocenters. The number of hydrogen-bond donors (Lipinski definition) is 1. The Morgan fingerprint density at radius 3 is 2.95 bits per heavy atom. The molecular formula is C14H23N3O2S. The van der Waals surface area contributed by atoms with E-state index in [-0.39, 0.29) is 5.91 Å². The molecule has 2 heterocycles. The van der Waals surface area contributed by atoms with E-state index in [2.05, 4.69) is 5.32 Å². The Balaban J connectivity index is 1.38. The lowest BCUT2D eigenvalue weighted by Crippen LogP contribution is -2.40. The molecule has 3 rings (SSSR count). The molecule has 0 aromatic rings. The zero-order chi connectivity index (χ0) is 13.8. The lowest BCUT2D eigenvalue weighted by molar-refractivity contribution is -0.134. The van der Waals surface area contributed by atoms with Gasteiger partial charge in [-0.2, -0.15) is 0 Å². The molecule has 0 aromatic heterocycles. The highest BCUT2D eigenvalue weighted by Gasteiger charge is 2.30. The lowest BCUT2D eigenvalue weighted by Gasteiger charge is -2.26. The van der Waals surface area contributed by atoms with Crippen LogP contribution in [0.3, 0.4) is 0 Å². The van der Waals surface area contributed by atoms with Crippen LogP contribution in [-0.2, 0) is 9.53 Å². The predicted molar refractivity (Wildman–Crippen MR) is 81.1 cm³/mol. The number of rotatable bonds is 3. The van der Waals surface area contributed by atoms with Gasteiger partial charge < -0.3 is 15.0 Å². The van der Waals surface area contributed by atoms with Crippen LogP contribution < -0.4 is 5.32 Å². The van der Waals surface area contributed by atoms with E-state index < -0.39 is 0 Å². The Hall–Kier alpha value is -0.750. The molecule has 1 N–H and O–H groups in total. The monoisotopic (exact) mass is 297 g/mol. The van der Waals surface area contributed by atoms with Crippen molar-refractivity contribution < 1.29 is 9.53 Å². The number of carbonyl (C=O) groups excluding carboxylic acids is 1. The van der Waals surface area contributed by atoms with Gasteiger partial charge in [0.15, 0.2) is 5.17 Å². The molecule has 20 heavy (non-hydrogen) atoms. The van der Waals surface area contributed by atoms with E-state index in [4.69, 9.17) is 9.73 Å². The van der Waals surface area contributed by atoms with Gasteiger partial charge in [0.25, 0.3) is 0 Å². The minimum atomic E-state index is 0.247. The molecule has 3 aliphatic rings. The first-order valence-electron chi connectivity index (χ1n) is 7.65. The van der Waals surface area contributed by atoms with Crippen molar-refractivity contribution in [3.63, 3.8) is 0 Å². The van der Waals surface area contributed by atoms with Gasteiger partial charge in [-0.25, -0.2) is 0 Å². The summed E-state index contributed by atoms with van der Waals surface area (Å²) in [5.74, 6) is 1.07. The van der Waals surface area contributed by atoms with E-state index in [1.807, 2.05) is 4.90 Å². The van der Waals surface area contributed by atoms with Crippen molar-refractivity contribution in [2.45, 2.75) is 44.2 Å². The van der Waals surface area contributed by atoms with Crippen LogP contribution in [0.1, 0.15) is 32.1 Å². The van der Waals surface area contributed by atoms with Crippen molar-refractivity contribution in [1.29, 1.82) is 0 Å². The Kier molecular flexibility index (Phi) is 4.83. The Morgan fingerprint density at radius 1 is 1.35 bits per heavy atom. The maximum Gasteiger partial charge on any atom is 0.223 e. The average Bonchev–Trinajstić information content (AvgIpc) is 2.90. The highest BCUT2D eigenvalue weighted by molar-refractivity contribution is 8.13. The van der Waals surface area contributed by atoms with Crippen LogP contribution in [0.5, 0.6) is 0 Å². The number of fused-ring (bicyclic) bond motifs is 1. The van der Waals surface area contributed by atoms with Crippen LogP contribution in [0.25, 0.3) is 0 Å². The summed E-state index contributed by atoms with van der Waals surface area (Å²) >= 11 is 1.70. The van der Waals surface area contributed by atoms with E-state index in [1.165, 1.54) is 25.7 Å². The molecular weight excluding hydrogens is 274 g/mol. The van der Waals surface area contributed by atoms with Gasteiger partial charge in [0.2, 0.25) is 5.91 Å². The molecule has 5 nitrogen and oxygen atoms in total. The fourth-order valence-electron chi connectivity index (χ4n) is 3.07.